The van der Waals surface area contributed by atoms with Crippen LogP contribution in [0.25, 0.3) is 0 Å². The van der Waals surface area contributed by atoms with Crippen LogP contribution in [0.15, 0.2) is 24.3 Å². The van der Waals surface area contributed by atoms with Gasteiger partial charge >= 0.3 is 5.97 Å². The zero-order valence-corrected chi connectivity index (χ0v) is 15.7. The van der Waals surface area contributed by atoms with E-state index in [4.69, 9.17) is 9.84 Å². The molecule has 6 nitrogen and oxygen atoms in total. The second kappa shape index (κ2) is 13.0. The van der Waals surface area contributed by atoms with Crippen molar-refractivity contribution in [1.82, 2.24) is 0 Å². The van der Waals surface area contributed by atoms with Crippen molar-refractivity contribution in [2.24, 2.45) is 0 Å². The molecule has 1 aliphatic heterocycles. The van der Waals surface area contributed by atoms with E-state index in [1.54, 1.807) is 12.2 Å². The number of allylic oxidation sites excluding steroid dienone is 1. The number of hydrogen-bond acceptors (Lipinski definition) is 5. The van der Waals surface area contributed by atoms with Crippen LogP contribution in [-0.2, 0) is 9.53 Å². The molecular weight excluding hydrogens is 336 g/mol. The van der Waals surface area contributed by atoms with Gasteiger partial charge in [-0.15, -0.1) is 0 Å². The highest BCUT2D eigenvalue weighted by Crippen LogP contribution is 2.26. The maximum Gasteiger partial charge on any atom is 0.303 e. The van der Waals surface area contributed by atoms with Crippen LogP contribution in [0.3, 0.4) is 0 Å². The number of aliphatic hydroxyl groups is 3. The molecule has 0 aromatic rings. The molecule has 150 valence electrons. The monoisotopic (exact) mass is 370 g/mol. The summed E-state index contributed by atoms with van der Waals surface area (Å²) in [6.45, 7) is 2.11. The summed E-state index contributed by atoms with van der Waals surface area (Å²) in [6.07, 6.45) is 10.2. The smallest absolute Gasteiger partial charge is 0.303 e. The molecule has 6 heteroatoms. The number of hydrogen-bond donors (Lipinski definition) is 4. The number of carboxylic acids is 1. The van der Waals surface area contributed by atoms with E-state index in [0.29, 0.717) is 32.1 Å². The molecule has 1 aliphatic rings. The van der Waals surface area contributed by atoms with E-state index in [1.165, 1.54) is 0 Å². The van der Waals surface area contributed by atoms with Crippen molar-refractivity contribution in [1.29, 1.82) is 0 Å². The maximum absolute atomic E-state index is 10.4. The van der Waals surface area contributed by atoms with Crippen LogP contribution < -0.4 is 0 Å². The first-order valence-corrected chi connectivity index (χ1v) is 9.68. The van der Waals surface area contributed by atoms with Crippen molar-refractivity contribution < 1.29 is 30.0 Å². The minimum Gasteiger partial charge on any atom is -0.481 e. The van der Waals surface area contributed by atoms with Gasteiger partial charge in [0.25, 0.3) is 0 Å². The highest BCUT2D eigenvalue weighted by atomic mass is 16.5. The van der Waals surface area contributed by atoms with Crippen LogP contribution in [0.1, 0.15) is 64.7 Å². The molecule has 0 unspecified atom stereocenters. The first-order chi connectivity index (χ1) is 12.4. The molecule has 4 N–H and O–H groups in total. The fourth-order valence-electron chi connectivity index (χ4n) is 2.98. The van der Waals surface area contributed by atoms with Gasteiger partial charge in [-0.2, -0.15) is 0 Å². The molecule has 0 radical (unpaired) electrons. The first-order valence-electron chi connectivity index (χ1n) is 9.68. The van der Waals surface area contributed by atoms with Crippen molar-refractivity contribution in [3.63, 3.8) is 0 Å². The van der Waals surface area contributed by atoms with Crippen molar-refractivity contribution in [3.8, 4) is 0 Å². The molecule has 1 fully saturated rings. The molecular formula is C20H34O6. The predicted molar refractivity (Wildman–Crippen MR) is 99.8 cm³/mol. The average molecular weight is 370 g/mol. The number of carbonyl (C=O) groups is 1. The highest BCUT2D eigenvalue weighted by Gasteiger charge is 2.36. The molecule has 0 bridgehead atoms. The Balaban J connectivity index is 2.30. The lowest BCUT2D eigenvalue weighted by Crippen LogP contribution is -2.24. The third-order valence-electron chi connectivity index (χ3n) is 4.56. The van der Waals surface area contributed by atoms with E-state index < -0.39 is 30.4 Å². The first kappa shape index (κ1) is 22.8. The van der Waals surface area contributed by atoms with Crippen LogP contribution in [0, 0.1) is 0 Å². The normalized spacial score (nSPS) is 25.9. The van der Waals surface area contributed by atoms with Gasteiger partial charge in [-0.1, -0.05) is 50.5 Å². The van der Waals surface area contributed by atoms with E-state index in [2.05, 4.69) is 6.92 Å². The van der Waals surface area contributed by atoms with Gasteiger partial charge in [0, 0.05) is 12.8 Å². The second-order valence-corrected chi connectivity index (χ2v) is 6.95. The van der Waals surface area contributed by atoms with Crippen LogP contribution in [0.5, 0.6) is 0 Å². The maximum atomic E-state index is 10.4. The number of ether oxygens (including phenoxy) is 1. The van der Waals surface area contributed by atoms with E-state index >= 15 is 0 Å². The summed E-state index contributed by atoms with van der Waals surface area (Å²) in [5, 5.41) is 38.7. The Morgan fingerprint density at radius 2 is 1.96 bits per heavy atom. The molecule has 1 saturated heterocycles. The summed E-state index contributed by atoms with van der Waals surface area (Å²) in [6, 6.07) is 0. The highest BCUT2D eigenvalue weighted by molar-refractivity contribution is 5.66. The minimum absolute atomic E-state index is 0.151. The molecule has 0 aliphatic carbocycles. The Kier molecular flexibility index (Phi) is 11.4. The molecule has 0 spiro atoms. The lowest BCUT2D eigenvalue weighted by atomic mass is 10.0. The summed E-state index contributed by atoms with van der Waals surface area (Å²) in [5.41, 5.74) is 0. The SMILES string of the molecule is CCCCC[C@H](O)/C=C/[C@H](O)[C@@H]1C[C@@H](O)[C@@H](C/C=C\CCCC(=O)O)O1. The number of aliphatic carboxylic acids is 1. The van der Waals surface area contributed by atoms with Crippen molar-refractivity contribution in [3.05, 3.63) is 24.3 Å². The Labute approximate surface area is 156 Å². The number of rotatable bonds is 13. The Morgan fingerprint density at radius 3 is 2.65 bits per heavy atom. The third-order valence-corrected chi connectivity index (χ3v) is 4.56. The molecule has 0 aromatic carbocycles. The minimum atomic E-state index is -0.852. The summed E-state index contributed by atoms with van der Waals surface area (Å²) >= 11 is 0. The van der Waals surface area contributed by atoms with Crippen LogP contribution in [-0.4, -0.2) is 56.9 Å². The van der Waals surface area contributed by atoms with Gasteiger partial charge in [-0.25, -0.2) is 0 Å². The van der Waals surface area contributed by atoms with Gasteiger partial charge in [0.1, 0.15) is 0 Å². The second-order valence-electron chi connectivity index (χ2n) is 6.95. The van der Waals surface area contributed by atoms with Crippen molar-refractivity contribution in [2.75, 3.05) is 0 Å². The van der Waals surface area contributed by atoms with E-state index in [0.717, 1.165) is 19.3 Å². The summed E-state index contributed by atoms with van der Waals surface area (Å²) in [5.74, 6) is -0.798. The van der Waals surface area contributed by atoms with Crippen LogP contribution >= 0.6 is 0 Å². The lowest BCUT2D eigenvalue weighted by Gasteiger charge is -2.16. The van der Waals surface area contributed by atoms with Gasteiger partial charge in [0.15, 0.2) is 0 Å². The topological polar surface area (TPSA) is 107 Å². The number of unbranched alkanes of at least 4 members (excludes halogenated alkanes) is 3. The fourth-order valence-corrected chi connectivity index (χ4v) is 2.98. The molecule has 1 rings (SSSR count). The summed E-state index contributed by atoms with van der Waals surface area (Å²) in [7, 11) is 0. The zero-order valence-electron chi connectivity index (χ0n) is 15.7. The number of carboxylic acid groups (broad SMARTS) is 1. The zero-order chi connectivity index (χ0) is 19.4. The third kappa shape index (κ3) is 9.48. The van der Waals surface area contributed by atoms with Crippen LogP contribution in [0.2, 0.25) is 0 Å². The predicted octanol–water partition coefficient (Wildman–Crippen LogP) is 2.56. The fraction of sp³-hybridized carbons (Fsp3) is 0.750. The van der Waals surface area contributed by atoms with E-state index in [-0.39, 0.29) is 12.5 Å². The largest absolute Gasteiger partial charge is 0.481 e. The van der Waals surface area contributed by atoms with Gasteiger partial charge in [-0.05, 0) is 25.7 Å². The Hall–Kier alpha value is -1.21. The van der Waals surface area contributed by atoms with Gasteiger partial charge < -0.3 is 25.2 Å². The van der Waals surface area contributed by atoms with Crippen molar-refractivity contribution in [2.45, 2.75) is 95.2 Å². The summed E-state index contributed by atoms with van der Waals surface area (Å²) < 4.78 is 5.73. The molecule has 0 amide bonds. The Morgan fingerprint density at radius 1 is 1.19 bits per heavy atom. The molecule has 0 saturated carbocycles. The van der Waals surface area contributed by atoms with Crippen LogP contribution in [0.4, 0.5) is 0 Å². The quantitative estimate of drug-likeness (QED) is 0.293. The average Bonchev–Trinajstić information content (AvgIpc) is 2.97. The van der Waals surface area contributed by atoms with Gasteiger partial charge in [-0.3, -0.25) is 4.79 Å². The Bertz CT molecular complexity index is 448. The van der Waals surface area contributed by atoms with E-state index in [9.17, 15) is 20.1 Å². The molecule has 1 heterocycles. The summed E-state index contributed by atoms with van der Waals surface area (Å²) in [4.78, 5) is 10.4. The number of aliphatic hydroxyl groups excluding tert-OH is 3. The van der Waals surface area contributed by atoms with Gasteiger partial charge in [0.05, 0.1) is 30.5 Å². The molecule has 26 heavy (non-hydrogen) atoms. The van der Waals surface area contributed by atoms with E-state index in [1.807, 2.05) is 12.2 Å². The lowest BCUT2D eigenvalue weighted by molar-refractivity contribution is -0.137. The molecule has 0 aromatic heterocycles. The van der Waals surface area contributed by atoms with Gasteiger partial charge in [0.2, 0.25) is 0 Å². The standard InChI is InChI=1S/C20H34O6/c1-2-3-6-9-15(21)12-13-16(22)19-14-17(23)18(26-19)10-7-4-5-8-11-20(24)25/h4,7,12-13,15-19,21-23H,2-3,5-6,8-11,14H2,1H3,(H,24,25)/b7-4-,13-12+/t15-,16-,17+,18+,19-/m0/s1. The van der Waals surface area contributed by atoms with Crippen molar-refractivity contribution >= 4 is 5.97 Å². The molecule has 5 atom stereocenters.